The van der Waals surface area contributed by atoms with E-state index in [1.165, 1.54) is 0 Å². The molecule has 0 amide bonds. The van der Waals surface area contributed by atoms with Gasteiger partial charge < -0.3 is 14.9 Å². The summed E-state index contributed by atoms with van der Waals surface area (Å²) >= 11 is 0. The van der Waals surface area contributed by atoms with Crippen LogP contribution >= 0.6 is 0 Å². The molecule has 1 aromatic rings. The number of hydrogen-bond acceptors (Lipinski definition) is 3. The van der Waals surface area contributed by atoms with Gasteiger partial charge in [0.05, 0.1) is 12.0 Å². The molecule has 1 saturated heterocycles. The minimum absolute atomic E-state index is 0.0613. The fraction of sp³-hybridized carbons (Fsp3) is 0.600. The zero-order chi connectivity index (χ0) is 9.31. The fourth-order valence-corrected chi connectivity index (χ4v) is 1.78. The highest BCUT2D eigenvalue weighted by molar-refractivity contribution is 5.19. The van der Waals surface area contributed by atoms with E-state index < -0.39 is 0 Å². The molecule has 2 rings (SSSR count). The van der Waals surface area contributed by atoms with Gasteiger partial charge in [0.15, 0.2) is 0 Å². The van der Waals surface area contributed by atoms with Crippen LogP contribution in [0.25, 0.3) is 0 Å². The lowest BCUT2D eigenvalue weighted by Gasteiger charge is -2.22. The minimum Gasteiger partial charge on any atom is -0.466 e. The van der Waals surface area contributed by atoms with Gasteiger partial charge in [-0.3, -0.25) is 0 Å². The van der Waals surface area contributed by atoms with Crippen molar-refractivity contribution in [2.75, 3.05) is 19.8 Å². The standard InChI is InChI=1S/C10H15NO2/c1-8-2-3-9(13-8)10(6-11)4-5-12-7-10/h2-3H,4-7,11H2,1H3. The highest BCUT2D eigenvalue weighted by atomic mass is 16.5. The Morgan fingerprint density at radius 3 is 2.85 bits per heavy atom. The van der Waals surface area contributed by atoms with Crippen molar-refractivity contribution in [3.05, 3.63) is 23.7 Å². The second kappa shape index (κ2) is 3.16. The lowest BCUT2D eigenvalue weighted by molar-refractivity contribution is 0.171. The molecule has 3 nitrogen and oxygen atoms in total. The van der Waals surface area contributed by atoms with Crippen LogP contribution in [0.3, 0.4) is 0 Å². The summed E-state index contributed by atoms with van der Waals surface area (Å²) in [6.45, 7) is 4.02. The van der Waals surface area contributed by atoms with Crippen molar-refractivity contribution < 1.29 is 9.15 Å². The Balaban J connectivity index is 2.30. The fourth-order valence-electron chi connectivity index (χ4n) is 1.78. The van der Waals surface area contributed by atoms with E-state index in [1.807, 2.05) is 19.1 Å². The maximum atomic E-state index is 5.77. The van der Waals surface area contributed by atoms with Gasteiger partial charge in [0.25, 0.3) is 0 Å². The summed E-state index contributed by atoms with van der Waals surface area (Å²) in [6, 6.07) is 3.99. The molecule has 1 unspecified atom stereocenters. The number of ether oxygens (including phenoxy) is 1. The third-order valence-electron chi connectivity index (χ3n) is 2.76. The molecule has 2 heterocycles. The molecule has 0 aromatic carbocycles. The Hall–Kier alpha value is -0.800. The van der Waals surface area contributed by atoms with Gasteiger partial charge >= 0.3 is 0 Å². The third-order valence-corrected chi connectivity index (χ3v) is 2.76. The Kier molecular flexibility index (Phi) is 2.14. The van der Waals surface area contributed by atoms with Gasteiger partial charge in [-0.2, -0.15) is 0 Å². The van der Waals surface area contributed by atoms with Crippen LogP contribution < -0.4 is 5.73 Å². The van der Waals surface area contributed by atoms with E-state index >= 15 is 0 Å². The van der Waals surface area contributed by atoms with Crippen molar-refractivity contribution in [2.24, 2.45) is 5.73 Å². The van der Waals surface area contributed by atoms with E-state index in [1.54, 1.807) is 0 Å². The van der Waals surface area contributed by atoms with Gasteiger partial charge in [-0.1, -0.05) is 0 Å². The monoisotopic (exact) mass is 181 g/mol. The second-order valence-electron chi connectivity index (χ2n) is 3.70. The van der Waals surface area contributed by atoms with Gasteiger partial charge in [-0.15, -0.1) is 0 Å². The first kappa shape index (κ1) is 8.78. The molecule has 1 aliphatic rings. The first-order valence-corrected chi connectivity index (χ1v) is 4.62. The molecule has 1 aliphatic heterocycles. The summed E-state index contributed by atoms with van der Waals surface area (Å²) in [5, 5.41) is 0. The van der Waals surface area contributed by atoms with E-state index in [2.05, 4.69) is 0 Å². The molecule has 2 N–H and O–H groups in total. The van der Waals surface area contributed by atoms with Crippen molar-refractivity contribution in [3.63, 3.8) is 0 Å². The van der Waals surface area contributed by atoms with E-state index in [9.17, 15) is 0 Å². The number of furan rings is 1. The van der Waals surface area contributed by atoms with Crippen LogP contribution in [0.1, 0.15) is 17.9 Å². The minimum atomic E-state index is -0.0613. The molecule has 0 spiro atoms. The van der Waals surface area contributed by atoms with E-state index in [4.69, 9.17) is 14.9 Å². The molecule has 3 heteroatoms. The lowest BCUT2D eigenvalue weighted by Crippen LogP contribution is -2.35. The maximum Gasteiger partial charge on any atom is 0.113 e. The average molecular weight is 181 g/mol. The number of nitrogens with two attached hydrogens (primary N) is 1. The molecule has 0 radical (unpaired) electrons. The van der Waals surface area contributed by atoms with Crippen molar-refractivity contribution in [1.82, 2.24) is 0 Å². The third kappa shape index (κ3) is 1.38. The molecular weight excluding hydrogens is 166 g/mol. The van der Waals surface area contributed by atoms with Crippen molar-refractivity contribution in [2.45, 2.75) is 18.8 Å². The van der Waals surface area contributed by atoms with Gasteiger partial charge in [0, 0.05) is 13.2 Å². The summed E-state index contributed by atoms with van der Waals surface area (Å²) < 4.78 is 11.0. The van der Waals surface area contributed by atoms with E-state index in [0.717, 1.165) is 24.5 Å². The van der Waals surface area contributed by atoms with Crippen LogP contribution in [0.15, 0.2) is 16.5 Å². The molecule has 1 fully saturated rings. The first-order chi connectivity index (χ1) is 6.27. The molecule has 72 valence electrons. The highest BCUT2D eigenvalue weighted by Crippen LogP contribution is 2.33. The number of rotatable bonds is 2. The second-order valence-corrected chi connectivity index (χ2v) is 3.70. The zero-order valence-electron chi connectivity index (χ0n) is 7.88. The normalized spacial score (nSPS) is 28.2. The molecule has 0 aliphatic carbocycles. The van der Waals surface area contributed by atoms with Gasteiger partial charge in [0.1, 0.15) is 11.5 Å². The summed E-state index contributed by atoms with van der Waals surface area (Å²) in [5.74, 6) is 1.92. The first-order valence-electron chi connectivity index (χ1n) is 4.62. The van der Waals surface area contributed by atoms with E-state index in [0.29, 0.717) is 13.2 Å². The summed E-state index contributed by atoms with van der Waals surface area (Å²) in [6.07, 6.45) is 0.969. The quantitative estimate of drug-likeness (QED) is 0.746. The van der Waals surface area contributed by atoms with Crippen molar-refractivity contribution in [3.8, 4) is 0 Å². The topological polar surface area (TPSA) is 48.4 Å². The largest absolute Gasteiger partial charge is 0.466 e. The molecule has 0 bridgehead atoms. The van der Waals surface area contributed by atoms with Crippen LogP contribution in [0.4, 0.5) is 0 Å². The molecule has 13 heavy (non-hydrogen) atoms. The summed E-state index contributed by atoms with van der Waals surface area (Å²) in [5.41, 5.74) is 5.71. The van der Waals surface area contributed by atoms with Crippen LogP contribution in [-0.2, 0) is 10.2 Å². The smallest absolute Gasteiger partial charge is 0.113 e. The molecule has 0 saturated carbocycles. The summed E-state index contributed by atoms with van der Waals surface area (Å²) in [4.78, 5) is 0. The Morgan fingerprint density at radius 2 is 2.38 bits per heavy atom. The van der Waals surface area contributed by atoms with Crippen molar-refractivity contribution >= 4 is 0 Å². The molecular formula is C10H15NO2. The van der Waals surface area contributed by atoms with Crippen LogP contribution in [-0.4, -0.2) is 19.8 Å². The Bertz CT molecular complexity index is 287. The van der Waals surface area contributed by atoms with Crippen LogP contribution in [0, 0.1) is 6.92 Å². The van der Waals surface area contributed by atoms with Crippen LogP contribution in [0.5, 0.6) is 0 Å². The molecule has 1 atom stereocenters. The highest BCUT2D eigenvalue weighted by Gasteiger charge is 2.38. The van der Waals surface area contributed by atoms with Gasteiger partial charge in [0.2, 0.25) is 0 Å². The lowest BCUT2D eigenvalue weighted by atomic mass is 9.85. The Labute approximate surface area is 77.9 Å². The Morgan fingerprint density at radius 1 is 1.54 bits per heavy atom. The number of aryl methyl sites for hydroxylation is 1. The molecule has 1 aromatic heterocycles. The zero-order valence-corrected chi connectivity index (χ0v) is 7.88. The maximum absolute atomic E-state index is 5.77. The number of hydrogen-bond donors (Lipinski definition) is 1. The predicted octanol–water partition coefficient (Wildman–Crippen LogP) is 1.20. The average Bonchev–Trinajstić information content (AvgIpc) is 2.73. The van der Waals surface area contributed by atoms with Crippen molar-refractivity contribution in [1.29, 1.82) is 0 Å². The summed E-state index contributed by atoms with van der Waals surface area (Å²) in [7, 11) is 0. The SMILES string of the molecule is Cc1ccc(C2(CN)CCOC2)o1. The van der Waals surface area contributed by atoms with Gasteiger partial charge in [-0.05, 0) is 25.5 Å². The van der Waals surface area contributed by atoms with Crippen LogP contribution in [0.2, 0.25) is 0 Å². The van der Waals surface area contributed by atoms with E-state index in [-0.39, 0.29) is 5.41 Å². The predicted molar refractivity (Wildman–Crippen MR) is 49.6 cm³/mol. The van der Waals surface area contributed by atoms with Gasteiger partial charge in [-0.25, -0.2) is 0 Å².